The largest absolute Gasteiger partial charge is 0.481 e. The molecule has 4 nitrogen and oxygen atoms in total. The molecule has 0 bridgehead atoms. The second-order valence-electron chi connectivity index (χ2n) is 4.60. The van der Waals surface area contributed by atoms with Gasteiger partial charge in [0.2, 0.25) is 0 Å². The minimum atomic E-state index is -4.51. The number of benzene rings is 1. The number of alkyl halides is 3. The first-order chi connectivity index (χ1) is 10.2. The number of aliphatic carboxylic acids is 1. The highest BCUT2D eigenvalue weighted by Crippen LogP contribution is 2.37. The monoisotopic (exact) mass is 333 g/mol. The average molecular weight is 334 g/mol. The Kier molecular flexibility index (Phi) is 4.48. The lowest BCUT2D eigenvalue weighted by Gasteiger charge is -2.09. The van der Waals surface area contributed by atoms with E-state index in [4.69, 9.17) is 26.9 Å². The third kappa shape index (κ3) is 3.61. The average Bonchev–Trinajstić information content (AvgIpc) is 2.86. The van der Waals surface area contributed by atoms with Crippen molar-refractivity contribution in [1.29, 1.82) is 0 Å². The summed E-state index contributed by atoms with van der Waals surface area (Å²) in [5.41, 5.74) is 4.84. The van der Waals surface area contributed by atoms with Gasteiger partial charge in [-0.1, -0.05) is 11.6 Å². The van der Waals surface area contributed by atoms with Gasteiger partial charge >= 0.3 is 12.1 Å². The predicted molar refractivity (Wildman–Crippen MR) is 73.3 cm³/mol. The minimum absolute atomic E-state index is 0.0604. The second-order valence-corrected chi connectivity index (χ2v) is 5.01. The van der Waals surface area contributed by atoms with E-state index in [1.165, 1.54) is 12.1 Å². The maximum atomic E-state index is 12.7. The first kappa shape index (κ1) is 16.4. The molecule has 0 saturated carbocycles. The zero-order valence-electron chi connectivity index (χ0n) is 11.0. The lowest BCUT2D eigenvalue weighted by atomic mass is 10.1. The molecule has 1 aromatic heterocycles. The molecule has 1 aromatic carbocycles. The fourth-order valence-corrected chi connectivity index (χ4v) is 2.09. The van der Waals surface area contributed by atoms with Gasteiger partial charge in [-0.25, -0.2) is 0 Å². The zero-order valence-corrected chi connectivity index (χ0v) is 11.8. The van der Waals surface area contributed by atoms with Crippen molar-refractivity contribution in [3.63, 3.8) is 0 Å². The van der Waals surface area contributed by atoms with Crippen LogP contribution in [0, 0.1) is 0 Å². The van der Waals surface area contributed by atoms with Crippen LogP contribution in [-0.4, -0.2) is 11.1 Å². The third-order valence-electron chi connectivity index (χ3n) is 2.95. The molecule has 2 rings (SSSR count). The van der Waals surface area contributed by atoms with Crippen LogP contribution in [0.1, 0.15) is 23.8 Å². The fraction of sp³-hybridized carbons (Fsp3) is 0.214. The molecule has 0 aliphatic carbocycles. The summed E-state index contributed by atoms with van der Waals surface area (Å²) in [6.45, 7) is 0. The number of hydrogen-bond acceptors (Lipinski definition) is 3. The Morgan fingerprint density at radius 2 is 2.00 bits per heavy atom. The number of rotatable bonds is 4. The van der Waals surface area contributed by atoms with Crippen LogP contribution in [0.25, 0.3) is 11.3 Å². The van der Waals surface area contributed by atoms with Crippen LogP contribution < -0.4 is 5.73 Å². The summed E-state index contributed by atoms with van der Waals surface area (Å²) < 4.78 is 43.5. The van der Waals surface area contributed by atoms with Crippen LogP contribution in [-0.2, 0) is 11.0 Å². The van der Waals surface area contributed by atoms with Crippen molar-refractivity contribution in [3.05, 3.63) is 46.7 Å². The Labute approximate surface area is 128 Å². The summed E-state index contributed by atoms with van der Waals surface area (Å²) in [5, 5.41) is 8.76. The Morgan fingerprint density at radius 3 is 2.59 bits per heavy atom. The first-order valence-corrected chi connectivity index (χ1v) is 6.50. The molecule has 118 valence electrons. The number of carbonyl (C=O) groups is 1. The van der Waals surface area contributed by atoms with E-state index in [1.807, 2.05) is 0 Å². The van der Waals surface area contributed by atoms with Crippen molar-refractivity contribution < 1.29 is 27.5 Å². The topological polar surface area (TPSA) is 76.5 Å². The fourth-order valence-electron chi connectivity index (χ4n) is 1.88. The van der Waals surface area contributed by atoms with Crippen molar-refractivity contribution in [2.24, 2.45) is 5.73 Å². The Bertz CT molecular complexity index is 697. The van der Waals surface area contributed by atoms with Gasteiger partial charge < -0.3 is 15.3 Å². The van der Waals surface area contributed by atoms with Gasteiger partial charge in [-0.3, -0.25) is 4.79 Å². The third-order valence-corrected chi connectivity index (χ3v) is 3.28. The van der Waals surface area contributed by atoms with Crippen molar-refractivity contribution in [2.45, 2.75) is 18.6 Å². The summed E-state index contributed by atoms with van der Waals surface area (Å²) in [4.78, 5) is 10.6. The van der Waals surface area contributed by atoms with E-state index < -0.39 is 23.8 Å². The molecule has 1 atom stereocenters. The number of hydrogen-bond donors (Lipinski definition) is 2. The summed E-state index contributed by atoms with van der Waals surface area (Å²) in [6, 6.07) is 4.78. The summed E-state index contributed by atoms with van der Waals surface area (Å²) in [7, 11) is 0. The van der Waals surface area contributed by atoms with E-state index in [0.29, 0.717) is 0 Å². The molecule has 0 saturated heterocycles. The van der Waals surface area contributed by atoms with Crippen molar-refractivity contribution in [3.8, 4) is 11.3 Å². The van der Waals surface area contributed by atoms with Crippen LogP contribution in [0.3, 0.4) is 0 Å². The van der Waals surface area contributed by atoms with E-state index in [1.54, 1.807) is 0 Å². The Morgan fingerprint density at radius 1 is 1.32 bits per heavy atom. The van der Waals surface area contributed by atoms with Gasteiger partial charge in [-0.05, 0) is 30.3 Å². The molecule has 0 fully saturated rings. The lowest BCUT2D eigenvalue weighted by Crippen LogP contribution is -2.14. The number of halogens is 4. The van der Waals surface area contributed by atoms with E-state index in [9.17, 15) is 18.0 Å². The summed E-state index contributed by atoms with van der Waals surface area (Å²) >= 11 is 5.90. The number of carboxylic acid groups (broad SMARTS) is 1. The van der Waals surface area contributed by atoms with Crippen molar-refractivity contribution in [2.75, 3.05) is 0 Å². The standard InChI is InChI=1S/C14H11ClF3NO3/c15-9-2-1-7(14(16,17)18)5-8(9)11-3-4-12(22-11)10(19)6-13(20)21/h1-5,10H,6,19H2,(H,20,21). The second kappa shape index (κ2) is 6.02. The van der Waals surface area contributed by atoms with Gasteiger partial charge in [-0.15, -0.1) is 0 Å². The number of nitrogens with two attached hydrogens (primary N) is 1. The van der Waals surface area contributed by atoms with Crippen LogP contribution in [0.4, 0.5) is 13.2 Å². The molecule has 8 heteroatoms. The molecular weight excluding hydrogens is 323 g/mol. The molecule has 0 radical (unpaired) electrons. The maximum absolute atomic E-state index is 12.7. The van der Waals surface area contributed by atoms with Gasteiger partial charge in [0.15, 0.2) is 0 Å². The van der Waals surface area contributed by atoms with Crippen molar-refractivity contribution in [1.82, 2.24) is 0 Å². The molecule has 0 amide bonds. The molecular formula is C14H11ClF3NO3. The smallest absolute Gasteiger partial charge is 0.416 e. The summed E-state index contributed by atoms with van der Waals surface area (Å²) in [5.74, 6) is -0.861. The highest BCUT2D eigenvalue weighted by atomic mass is 35.5. The summed E-state index contributed by atoms with van der Waals surface area (Å²) in [6.07, 6.45) is -4.86. The Balaban J connectivity index is 2.37. The number of furan rings is 1. The van der Waals surface area contributed by atoms with Crippen LogP contribution in [0.5, 0.6) is 0 Å². The molecule has 0 aliphatic rings. The lowest BCUT2D eigenvalue weighted by molar-refractivity contribution is -0.138. The molecule has 1 heterocycles. The van der Waals surface area contributed by atoms with Gasteiger partial charge in [0, 0.05) is 5.56 Å². The SMILES string of the molecule is NC(CC(=O)O)c1ccc(-c2cc(C(F)(F)F)ccc2Cl)o1. The van der Waals surface area contributed by atoms with Gasteiger partial charge in [0.05, 0.1) is 23.0 Å². The zero-order chi connectivity index (χ0) is 16.5. The van der Waals surface area contributed by atoms with Gasteiger partial charge in [0.25, 0.3) is 0 Å². The molecule has 0 spiro atoms. The van der Waals surface area contributed by atoms with E-state index >= 15 is 0 Å². The van der Waals surface area contributed by atoms with Crippen LogP contribution in [0.15, 0.2) is 34.7 Å². The predicted octanol–water partition coefficient (Wildman–Crippen LogP) is 4.09. The van der Waals surface area contributed by atoms with E-state index in [2.05, 4.69) is 0 Å². The van der Waals surface area contributed by atoms with E-state index in [0.717, 1.165) is 18.2 Å². The molecule has 22 heavy (non-hydrogen) atoms. The molecule has 1 unspecified atom stereocenters. The Hall–Kier alpha value is -1.99. The number of carboxylic acids is 1. The van der Waals surface area contributed by atoms with Crippen molar-refractivity contribution >= 4 is 17.6 Å². The normalized spacial score (nSPS) is 13.1. The molecule has 2 aromatic rings. The van der Waals surface area contributed by atoms with Gasteiger partial charge in [0.1, 0.15) is 11.5 Å². The quantitative estimate of drug-likeness (QED) is 0.883. The molecule has 3 N–H and O–H groups in total. The highest BCUT2D eigenvalue weighted by Gasteiger charge is 2.31. The van der Waals surface area contributed by atoms with Crippen LogP contribution >= 0.6 is 11.6 Å². The van der Waals surface area contributed by atoms with Gasteiger partial charge in [-0.2, -0.15) is 13.2 Å². The molecule has 0 aliphatic heterocycles. The first-order valence-electron chi connectivity index (χ1n) is 6.12. The maximum Gasteiger partial charge on any atom is 0.416 e. The van der Waals surface area contributed by atoms with E-state index in [-0.39, 0.29) is 28.5 Å². The highest BCUT2D eigenvalue weighted by molar-refractivity contribution is 6.33. The van der Waals surface area contributed by atoms with Crippen LogP contribution in [0.2, 0.25) is 5.02 Å². The minimum Gasteiger partial charge on any atom is -0.481 e.